The van der Waals surface area contributed by atoms with Crippen LogP contribution < -0.4 is 14.8 Å². The molecule has 0 unspecified atom stereocenters. The predicted molar refractivity (Wildman–Crippen MR) is 89.8 cm³/mol. The number of hydrogen-bond donors (Lipinski definition) is 1. The number of carbonyl (C=O) groups is 1. The third-order valence-corrected chi connectivity index (χ3v) is 3.72. The summed E-state index contributed by atoms with van der Waals surface area (Å²) in [7, 11) is 3.10. The molecule has 1 N–H and O–H groups in total. The number of methoxy groups -OCH3 is 2. The van der Waals surface area contributed by atoms with Crippen LogP contribution in [0.25, 0.3) is 0 Å². The maximum Gasteiger partial charge on any atom is 0.411 e. The molecule has 0 saturated heterocycles. The van der Waals surface area contributed by atoms with Gasteiger partial charge in [0.2, 0.25) is 0 Å². The second-order valence-electron chi connectivity index (χ2n) is 4.52. The van der Waals surface area contributed by atoms with Crippen molar-refractivity contribution in [1.82, 2.24) is 0 Å². The SMILES string of the molecule is COc1ccc(COC(=O)Nc2ccc(Cl)c(Cl)c2)cc1OC. The number of carbonyl (C=O) groups excluding carboxylic acids is 1. The molecular formula is C16H15Cl2NO4. The lowest BCUT2D eigenvalue weighted by molar-refractivity contribution is 0.155. The van der Waals surface area contributed by atoms with E-state index >= 15 is 0 Å². The van der Waals surface area contributed by atoms with Crippen LogP contribution >= 0.6 is 23.2 Å². The second-order valence-corrected chi connectivity index (χ2v) is 5.33. The van der Waals surface area contributed by atoms with Crippen molar-refractivity contribution in [3.05, 3.63) is 52.0 Å². The van der Waals surface area contributed by atoms with Crippen LogP contribution in [0.1, 0.15) is 5.56 Å². The van der Waals surface area contributed by atoms with Gasteiger partial charge >= 0.3 is 6.09 Å². The minimum absolute atomic E-state index is 0.0908. The molecule has 23 heavy (non-hydrogen) atoms. The Hall–Kier alpha value is -2.11. The molecule has 1 amide bonds. The van der Waals surface area contributed by atoms with E-state index in [4.69, 9.17) is 37.4 Å². The largest absolute Gasteiger partial charge is 0.493 e. The van der Waals surface area contributed by atoms with Gasteiger partial charge in [-0.05, 0) is 35.9 Å². The van der Waals surface area contributed by atoms with E-state index in [2.05, 4.69) is 5.32 Å². The van der Waals surface area contributed by atoms with Gasteiger partial charge < -0.3 is 14.2 Å². The molecule has 0 aliphatic heterocycles. The van der Waals surface area contributed by atoms with Crippen LogP contribution in [0.5, 0.6) is 11.5 Å². The molecule has 0 heterocycles. The van der Waals surface area contributed by atoms with Gasteiger partial charge in [0.25, 0.3) is 0 Å². The maximum absolute atomic E-state index is 11.8. The lowest BCUT2D eigenvalue weighted by Crippen LogP contribution is -2.13. The summed E-state index contributed by atoms with van der Waals surface area (Å²) in [4.78, 5) is 11.8. The minimum Gasteiger partial charge on any atom is -0.493 e. The van der Waals surface area contributed by atoms with Crippen LogP contribution in [0.15, 0.2) is 36.4 Å². The van der Waals surface area contributed by atoms with Gasteiger partial charge in [-0.3, -0.25) is 5.32 Å². The van der Waals surface area contributed by atoms with Crippen LogP contribution in [0.2, 0.25) is 10.0 Å². The Morgan fingerprint density at radius 2 is 1.74 bits per heavy atom. The fourth-order valence-electron chi connectivity index (χ4n) is 1.85. The van der Waals surface area contributed by atoms with Gasteiger partial charge in [-0.2, -0.15) is 0 Å². The first-order valence-corrected chi connectivity index (χ1v) is 7.39. The van der Waals surface area contributed by atoms with Crippen molar-refractivity contribution in [3.8, 4) is 11.5 Å². The van der Waals surface area contributed by atoms with E-state index in [1.165, 1.54) is 0 Å². The van der Waals surface area contributed by atoms with Gasteiger partial charge in [0.15, 0.2) is 11.5 Å². The molecule has 0 fully saturated rings. The monoisotopic (exact) mass is 355 g/mol. The van der Waals surface area contributed by atoms with Crippen molar-refractivity contribution in [2.75, 3.05) is 19.5 Å². The van der Waals surface area contributed by atoms with Crippen LogP contribution in [0.4, 0.5) is 10.5 Å². The standard InChI is InChI=1S/C16H15Cl2NO4/c1-21-14-6-3-10(7-15(14)22-2)9-23-16(20)19-11-4-5-12(17)13(18)8-11/h3-8H,9H2,1-2H3,(H,19,20). The lowest BCUT2D eigenvalue weighted by atomic mass is 10.2. The summed E-state index contributed by atoms with van der Waals surface area (Å²) in [5.74, 6) is 1.18. The minimum atomic E-state index is -0.599. The van der Waals surface area contributed by atoms with Crippen molar-refractivity contribution >= 4 is 35.0 Å². The van der Waals surface area contributed by atoms with Crippen molar-refractivity contribution in [3.63, 3.8) is 0 Å². The van der Waals surface area contributed by atoms with Crippen LogP contribution in [0, 0.1) is 0 Å². The zero-order valence-electron chi connectivity index (χ0n) is 12.6. The molecule has 0 bridgehead atoms. The smallest absolute Gasteiger partial charge is 0.411 e. The molecule has 0 saturated carbocycles. The summed E-state index contributed by atoms with van der Waals surface area (Å²) in [5.41, 5.74) is 1.27. The highest BCUT2D eigenvalue weighted by atomic mass is 35.5. The molecule has 2 rings (SSSR count). The van der Waals surface area contributed by atoms with E-state index in [-0.39, 0.29) is 6.61 Å². The van der Waals surface area contributed by atoms with E-state index in [0.717, 1.165) is 5.56 Å². The first kappa shape index (κ1) is 17.2. The fourth-order valence-corrected chi connectivity index (χ4v) is 2.15. The summed E-state index contributed by atoms with van der Waals surface area (Å²) in [6, 6.07) is 10.0. The Balaban J connectivity index is 1.95. The van der Waals surface area contributed by atoms with Crippen molar-refractivity contribution in [1.29, 1.82) is 0 Å². The molecule has 2 aromatic carbocycles. The van der Waals surface area contributed by atoms with Gasteiger partial charge in [-0.25, -0.2) is 4.79 Å². The lowest BCUT2D eigenvalue weighted by Gasteiger charge is -2.11. The van der Waals surface area contributed by atoms with Crippen molar-refractivity contribution in [2.45, 2.75) is 6.61 Å². The number of benzene rings is 2. The topological polar surface area (TPSA) is 56.8 Å². The van der Waals surface area contributed by atoms with E-state index < -0.39 is 6.09 Å². The quantitative estimate of drug-likeness (QED) is 0.839. The average molecular weight is 356 g/mol. The third kappa shape index (κ3) is 4.68. The Kier molecular flexibility index (Phi) is 5.96. The highest BCUT2D eigenvalue weighted by Crippen LogP contribution is 2.28. The van der Waals surface area contributed by atoms with Gasteiger partial charge in [0, 0.05) is 5.69 Å². The van der Waals surface area contributed by atoms with Crippen LogP contribution in [-0.4, -0.2) is 20.3 Å². The Morgan fingerprint density at radius 1 is 1.00 bits per heavy atom. The fraction of sp³-hybridized carbons (Fsp3) is 0.188. The summed E-state index contributed by atoms with van der Waals surface area (Å²) in [5, 5.41) is 3.34. The predicted octanol–water partition coefficient (Wildman–Crippen LogP) is 4.76. The average Bonchev–Trinajstić information content (AvgIpc) is 2.56. The molecule has 0 aliphatic carbocycles. The molecule has 5 nitrogen and oxygen atoms in total. The number of amides is 1. The van der Waals surface area contributed by atoms with Gasteiger partial charge in [0.05, 0.1) is 24.3 Å². The molecule has 0 aliphatic rings. The molecule has 2 aromatic rings. The van der Waals surface area contributed by atoms with E-state index in [1.54, 1.807) is 50.6 Å². The Morgan fingerprint density at radius 3 is 2.39 bits per heavy atom. The molecule has 122 valence electrons. The highest BCUT2D eigenvalue weighted by molar-refractivity contribution is 6.42. The Labute approximate surface area is 144 Å². The summed E-state index contributed by atoms with van der Waals surface area (Å²) in [6.45, 7) is 0.0908. The van der Waals surface area contributed by atoms with Crippen molar-refractivity contribution in [2.24, 2.45) is 0 Å². The number of anilines is 1. The number of hydrogen-bond acceptors (Lipinski definition) is 4. The number of rotatable bonds is 5. The molecule has 0 spiro atoms. The molecule has 7 heteroatoms. The van der Waals surface area contributed by atoms with E-state index in [9.17, 15) is 4.79 Å². The van der Waals surface area contributed by atoms with Gasteiger partial charge in [0.1, 0.15) is 6.61 Å². The van der Waals surface area contributed by atoms with Crippen molar-refractivity contribution < 1.29 is 19.0 Å². The zero-order chi connectivity index (χ0) is 16.8. The Bertz CT molecular complexity index is 706. The van der Waals surface area contributed by atoms with E-state index in [1.807, 2.05) is 0 Å². The first-order valence-electron chi connectivity index (χ1n) is 6.63. The van der Waals surface area contributed by atoms with Gasteiger partial charge in [-0.15, -0.1) is 0 Å². The zero-order valence-corrected chi connectivity index (χ0v) is 14.1. The summed E-state index contributed by atoms with van der Waals surface area (Å²) < 4.78 is 15.5. The third-order valence-electron chi connectivity index (χ3n) is 2.98. The van der Waals surface area contributed by atoms with E-state index in [0.29, 0.717) is 27.2 Å². The second kappa shape index (κ2) is 7.94. The highest BCUT2D eigenvalue weighted by Gasteiger charge is 2.08. The molecule has 0 aromatic heterocycles. The van der Waals surface area contributed by atoms with Crippen LogP contribution in [0.3, 0.4) is 0 Å². The summed E-state index contributed by atoms with van der Waals surface area (Å²) in [6.07, 6.45) is -0.599. The number of halogens is 2. The number of nitrogens with one attached hydrogen (secondary N) is 1. The maximum atomic E-state index is 11.8. The van der Waals surface area contributed by atoms with Gasteiger partial charge in [-0.1, -0.05) is 29.3 Å². The first-order chi connectivity index (χ1) is 11.0. The number of ether oxygens (including phenoxy) is 3. The molecule has 0 atom stereocenters. The molecule has 0 radical (unpaired) electrons. The molecular weight excluding hydrogens is 341 g/mol. The summed E-state index contributed by atoms with van der Waals surface area (Å²) >= 11 is 11.7. The normalized spacial score (nSPS) is 10.1. The van der Waals surface area contributed by atoms with Crippen LogP contribution in [-0.2, 0) is 11.3 Å².